The van der Waals surface area contributed by atoms with Crippen LogP contribution in [-0.4, -0.2) is 48.1 Å². The number of hydrogen-bond acceptors (Lipinski definition) is 5. The summed E-state index contributed by atoms with van der Waals surface area (Å²) in [6.45, 7) is 1.76. The van der Waals surface area contributed by atoms with Crippen molar-refractivity contribution in [2.45, 2.75) is 12.8 Å². The molecule has 3 aromatic rings. The summed E-state index contributed by atoms with van der Waals surface area (Å²) in [7, 11) is 0. The summed E-state index contributed by atoms with van der Waals surface area (Å²) in [6, 6.07) is 15.4. The van der Waals surface area contributed by atoms with E-state index in [9.17, 15) is 9.59 Å². The van der Waals surface area contributed by atoms with Crippen LogP contribution in [0.5, 0.6) is 0 Å². The number of hydrogen-bond donors (Lipinski definition) is 1. The van der Waals surface area contributed by atoms with E-state index in [1.54, 1.807) is 23.1 Å². The van der Waals surface area contributed by atoms with E-state index in [1.165, 1.54) is 5.56 Å². The first kappa shape index (κ1) is 18.0. The lowest BCUT2D eigenvalue weighted by atomic mass is 10.1. The van der Waals surface area contributed by atoms with Crippen LogP contribution >= 0.6 is 0 Å². The van der Waals surface area contributed by atoms with Crippen LogP contribution in [0.3, 0.4) is 0 Å². The van der Waals surface area contributed by atoms with Crippen molar-refractivity contribution in [1.29, 1.82) is 0 Å². The molecule has 4 rings (SSSR count). The van der Waals surface area contributed by atoms with Crippen LogP contribution in [0.4, 0.5) is 4.79 Å². The van der Waals surface area contributed by atoms with E-state index >= 15 is 0 Å². The Labute approximate surface area is 162 Å². The van der Waals surface area contributed by atoms with Crippen LogP contribution in [0.1, 0.15) is 21.8 Å². The first-order valence-electron chi connectivity index (χ1n) is 9.32. The maximum atomic E-state index is 12.4. The molecule has 2 amide bonds. The molecule has 2 aromatic carbocycles. The minimum atomic E-state index is -0.332. The standard InChI is InChI=1S/C21H21N3O4/c25-20(22-10-11-24-12-13-27-21(24)26)16-7-8-18-17(14-16)23-19(28-18)9-6-15-4-2-1-3-5-15/h1-5,7-8,14H,6,9-13H2,(H,22,25). The second kappa shape index (κ2) is 8.12. The van der Waals surface area contributed by atoms with Gasteiger partial charge < -0.3 is 19.4 Å². The number of amides is 2. The molecule has 1 aromatic heterocycles. The number of carbonyl (C=O) groups excluding carboxylic acids is 2. The Bertz CT molecular complexity index is 984. The van der Waals surface area contributed by atoms with E-state index in [2.05, 4.69) is 22.4 Å². The molecule has 7 nitrogen and oxygen atoms in total. The molecule has 28 heavy (non-hydrogen) atoms. The Hall–Kier alpha value is -3.35. The van der Waals surface area contributed by atoms with Crippen LogP contribution in [0.15, 0.2) is 52.9 Å². The van der Waals surface area contributed by atoms with Crippen molar-refractivity contribution in [1.82, 2.24) is 15.2 Å². The number of nitrogens with zero attached hydrogens (tertiary/aromatic N) is 2. The summed E-state index contributed by atoms with van der Waals surface area (Å²) in [4.78, 5) is 29.8. The summed E-state index contributed by atoms with van der Waals surface area (Å²) in [5.74, 6) is 0.451. The van der Waals surface area contributed by atoms with Crippen molar-refractivity contribution < 1.29 is 18.7 Å². The lowest BCUT2D eigenvalue weighted by Gasteiger charge is -2.12. The van der Waals surface area contributed by atoms with Gasteiger partial charge in [0.05, 0.1) is 6.54 Å². The summed E-state index contributed by atoms with van der Waals surface area (Å²) in [5.41, 5.74) is 3.07. The first-order valence-corrected chi connectivity index (χ1v) is 9.32. The third-order valence-corrected chi connectivity index (χ3v) is 4.68. The maximum absolute atomic E-state index is 12.4. The fourth-order valence-electron chi connectivity index (χ4n) is 3.15. The SMILES string of the molecule is O=C(NCCN1CCOC1=O)c1ccc2oc(CCc3ccccc3)nc2c1. The molecule has 0 spiro atoms. The molecule has 0 unspecified atom stereocenters. The molecule has 144 valence electrons. The van der Waals surface area contributed by atoms with Crippen molar-refractivity contribution in [3.8, 4) is 0 Å². The highest BCUT2D eigenvalue weighted by atomic mass is 16.6. The fourth-order valence-corrected chi connectivity index (χ4v) is 3.15. The number of benzene rings is 2. The Balaban J connectivity index is 1.35. The summed E-state index contributed by atoms with van der Waals surface area (Å²) in [6.07, 6.45) is 1.22. The highest BCUT2D eigenvalue weighted by Crippen LogP contribution is 2.18. The quantitative estimate of drug-likeness (QED) is 0.682. The average molecular weight is 379 g/mol. The van der Waals surface area contributed by atoms with Gasteiger partial charge in [-0.15, -0.1) is 0 Å². The zero-order valence-electron chi connectivity index (χ0n) is 15.4. The van der Waals surface area contributed by atoms with E-state index < -0.39 is 0 Å². The Kier molecular flexibility index (Phi) is 5.23. The van der Waals surface area contributed by atoms with Crippen LogP contribution < -0.4 is 5.32 Å². The summed E-state index contributed by atoms with van der Waals surface area (Å²) < 4.78 is 10.6. The van der Waals surface area contributed by atoms with E-state index in [0.29, 0.717) is 55.2 Å². The molecule has 0 aliphatic carbocycles. The smallest absolute Gasteiger partial charge is 0.409 e. The molecule has 1 fully saturated rings. The topological polar surface area (TPSA) is 84.7 Å². The second-order valence-electron chi connectivity index (χ2n) is 6.63. The fraction of sp³-hybridized carbons (Fsp3) is 0.286. The van der Waals surface area contributed by atoms with E-state index in [1.807, 2.05) is 18.2 Å². The molecule has 1 N–H and O–H groups in total. The predicted octanol–water partition coefficient (Wildman–Crippen LogP) is 2.80. The van der Waals surface area contributed by atoms with Crippen molar-refractivity contribution in [3.05, 3.63) is 65.5 Å². The maximum Gasteiger partial charge on any atom is 0.409 e. The van der Waals surface area contributed by atoms with Gasteiger partial charge in [-0.05, 0) is 30.2 Å². The Morgan fingerprint density at radius 3 is 2.79 bits per heavy atom. The van der Waals surface area contributed by atoms with Gasteiger partial charge in [-0.2, -0.15) is 0 Å². The van der Waals surface area contributed by atoms with Gasteiger partial charge >= 0.3 is 6.09 Å². The number of cyclic esters (lactones) is 1. The number of aryl methyl sites for hydroxylation is 2. The zero-order chi connectivity index (χ0) is 19.3. The lowest BCUT2D eigenvalue weighted by Crippen LogP contribution is -2.35. The summed E-state index contributed by atoms with van der Waals surface area (Å²) >= 11 is 0. The number of fused-ring (bicyclic) bond motifs is 1. The third kappa shape index (κ3) is 4.14. The number of aromatic nitrogens is 1. The van der Waals surface area contributed by atoms with Crippen molar-refractivity contribution in [2.75, 3.05) is 26.2 Å². The molecule has 1 aliphatic rings. The first-order chi connectivity index (χ1) is 13.7. The van der Waals surface area contributed by atoms with Gasteiger partial charge in [0.15, 0.2) is 11.5 Å². The number of rotatable bonds is 7. The minimum Gasteiger partial charge on any atom is -0.448 e. The molecule has 1 aliphatic heterocycles. The van der Waals surface area contributed by atoms with Crippen molar-refractivity contribution in [2.24, 2.45) is 0 Å². The molecule has 0 atom stereocenters. The van der Waals surface area contributed by atoms with Crippen LogP contribution in [-0.2, 0) is 17.6 Å². The third-order valence-electron chi connectivity index (χ3n) is 4.68. The Morgan fingerprint density at radius 2 is 2.00 bits per heavy atom. The van der Waals surface area contributed by atoms with E-state index in [-0.39, 0.29) is 12.0 Å². The van der Waals surface area contributed by atoms with Crippen LogP contribution in [0.25, 0.3) is 11.1 Å². The average Bonchev–Trinajstić information content (AvgIpc) is 3.32. The predicted molar refractivity (Wildman–Crippen MR) is 103 cm³/mol. The molecule has 1 saturated heterocycles. The van der Waals surface area contributed by atoms with Gasteiger partial charge in [-0.1, -0.05) is 30.3 Å². The van der Waals surface area contributed by atoms with E-state index in [4.69, 9.17) is 9.15 Å². The molecule has 2 heterocycles. The van der Waals surface area contributed by atoms with Crippen LogP contribution in [0.2, 0.25) is 0 Å². The normalized spacial score (nSPS) is 13.7. The molecule has 0 radical (unpaired) electrons. The molecule has 0 saturated carbocycles. The molecule has 0 bridgehead atoms. The highest BCUT2D eigenvalue weighted by molar-refractivity contribution is 5.97. The molecular formula is C21H21N3O4. The molecule has 7 heteroatoms. The second-order valence-corrected chi connectivity index (χ2v) is 6.63. The van der Waals surface area contributed by atoms with Gasteiger partial charge in [-0.3, -0.25) is 4.79 Å². The monoisotopic (exact) mass is 379 g/mol. The number of carbonyl (C=O) groups is 2. The van der Waals surface area contributed by atoms with Crippen molar-refractivity contribution >= 4 is 23.1 Å². The van der Waals surface area contributed by atoms with Gasteiger partial charge in [-0.25, -0.2) is 9.78 Å². The van der Waals surface area contributed by atoms with Crippen LogP contribution in [0, 0.1) is 0 Å². The number of ether oxygens (including phenoxy) is 1. The minimum absolute atomic E-state index is 0.205. The van der Waals surface area contributed by atoms with Crippen molar-refractivity contribution in [3.63, 3.8) is 0 Å². The zero-order valence-corrected chi connectivity index (χ0v) is 15.4. The van der Waals surface area contributed by atoms with Gasteiger partial charge in [0.25, 0.3) is 5.91 Å². The lowest BCUT2D eigenvalue weighted by molar-refractivity contribution is 0.0949. The van der Waals surface area contributed by atoms with Gasteiger partial charge in [0.2, 0.25) is 0 Å². The highest BCUT2D eigenvalue weighted by Gasteiger charge is 2.21. The van der Waals surface area contributed by atoms with E-state index in [0.717, 1.165) is 6.42 Å². The number of oxazole rings is 1. The molecular weight excluding hydrogens is 358 g/mol. The largest absolute Gasteiger partial charge is 0.448 e. The Morgan fingerprint density at radius 1 is 1.14 bits per heavy atom. The van der Waals surface area contributed by atoms with Gasteiger partial charge in [0, 0.05) is 25.1 Å². The number of nitrogens with one attached hydrogen (secondary N) is 1. The van der Waals surface area contributed by atoms with Gasteiger partial charge in [0.1, 0.15) is 12.1 Å². The summed E-state index contributed by atoms with van der Waals surface area (Å²) in [5, 5.41) is 2.82.